The van der Waals surface area contributed by atoms with Gasteiger partial charge in [-0.25, -0.2) is 9.37 Å². The summed E-state index contributed by atoms with van der Waals surface area (Å²) in [4.78, 5) is 29.8. The Morgan fingerprint density at radius 1 is 1.10 bits per heavy atom. The van der Waals surface area contributed by atoms with Crippen molar-refractivity contribution in [2.75, 3.05) is 11.9 Å². The predicted octanol–water partition coefficient (Wildman–Crippen LogP) is 4.01. The third kappa shape index (κ3) is 4.12. The highest BCUT2D eigenvalue weighted by molar-refractivity contribution is 5.86. The van der Waals surface area contributed by atoms with Gasteiger partial charge in [0.15, 0.2) is 5.69 Å². The molecule has 1 aromatic heterocycles. The van der Waals surface area contributed by atoms with Gasteiger partial charge in [-0.05, 0) is 30.2 Å². The number of carbonyl (C=O) groups excluding carboxylic acids is 1. The summed E-state index contributed by atoms with van der Waals surface area (Å²) in [7, 11) is 0. The number of pyridine rings is 1. The predicted molar refractivity (Wildman–Crippen MR) is 110 cm³/mol. The van der Waals surface area contributed by atoms with Crippen molar-refractivity contribution in [1.29, 1.82) is 0 Å². The molecule has 1 aliphatic heterocycles. The van der Waals surface area contributed by atoms with E-state index in [1.54, 1.807) is 41.3 Å². The van der Waals surface area contributed by atoms with Crippen LogP contribution in [0.4, 0.5) is 15.9 Å². The maximum Gasteiger partial charge on any atom is 0.295 e. The highest BCUT2D eigenvalue weighted by Gasteiger charge is 2.32. The fourth-order valence-electron chi connectivity index (χ4n) is 3.51. The van der Waals surface area contributed by atoms with E-state index in [0.29, 0.717) is 30.9 Å². The molecule has 1 fully saturated rings. The maximum atomic E-state index is 13.1. The number of hydrogen-bond acceptors (Lipinski definition) is 5. The van der Waals surface area contributed by atoms with Crippen LogP contribution < -0.4 is 5.32 Å². The third-order valence-corrected chi connectivity index (χ3v) is 5.02. The van der Waals surface area contributed by atoms with Crippen LogP contribution in [0.5, 0.6) is 0 Å². The number of nitrogens with zero attached hydrogens (tertiary/aromatic N) is 3. The van der Waals surface area contributed by atoms with Gasteiger partial charge in [-0.2, -0.15) is 0 Å². The van der Waals surface area contributed by atoms with Crippen LogP contribution in [-0.2, 0) is 11.3 Å². The number of nitrogens with one attached hydrogen (secondary N) is 1. The highest BCUT2D eigenvalue weighted by Crippen LogP contribution is 2.30. The molecule has 2 aromatic carbocycles. The average molecular weight is 406 g/mol. The van der Waals surface area contributed by atoms with Crippen molar-refractivity contribution in [3.8, 4) is 11.3 Å². The molecule has 0 spiro atoms. The van der Waals surface area contributed by atoms with Crippen molar-refractivity contribution in [2.45, 2.75) is 19.0 Å². The molecule has 1 amide bonds. The van der Waals surface area contributed by atoms with Gasteiger partial charge in [-0.15, -0.1) is 0 Å². The summed E-state index contributed by atoms with van der Waals surface area (Å²) >= 11 is 0. The smallest absolute Gasteiger partial charge is 0.295 e. The molecule has 1 unspecified atom stereocenters. The number of hydrogen-bond donors (Lipinski definition) is 1. The Kier molecular flexibility index (Phi) is 5.38. The summed E-state index contributed by atoms with van der Waals surface area (Å²) in [5.41, 5.74) is 1.63. The molecule has 1 saturated heterocycles. The quantitative estimate of drug-likeness (QED) is 0.494. The molecule has 2 heterocycles. The van der Waals surface area contributed by atoms with Gasteiger partial charge in [0.05, 0.1) is 4.92 Å². The molecule has 0 radical (unpaired) electrons. The molecule has 7 nitrogen and oxygen atoms in total. The van der Waals surface area contributed by atoms with Crippen LogP contribution in [0.15, 0.2) is 66.7 Å². The van der Waals surface area contributed by atoms with Crippen LogP contribution in [0.2, 0.25) is 0 Å². The fourth-order valence-corrected chi connectivity index (χ4v) is 3.51. The lowest BCUT2D eigenvalue weighted by atomic mass is 10.1. The Morgan fingerprint density at radius 3 is 2.53 bits per heavy atom. The molecule has 0 bridgehead atoms. The summed E-state index contributed by atoms with van der Waals surface area (Å²) in [6, 6.07) is 17.4. The van der Waals surface area contributed by atoms with Crippen molar-refractivity contribution in [1.82, 2.24) is 9.88 Å². The van der Waals surface area contributed by atoms with E-state index < -0.39 is 11.0 Å². The molecule has 0 aliphatic carbocycles. The Bertz CT molecular complexity index is 1070. The Morgan fingerprint density at radius 2 is 1.83 bits per heavy atom. The zero-order chi connectivity index (χ0) is 21.1. The molecule has 1 N–H and O–H groups in total. The van der Waals surface area contributed by atoms with Crippen molar-refractivity contribution in [2.24, 2.45) is 0 Å². The van der Waals surface area contributed by atoms with Crippen LogP contribution in [0, 0.1) is 15.9 Å². The standard InChI is InChI=1S/C22H19FN4O3/c23-17-8-6-15(7-9-17)14-26-13-12-18(22(26)28)24-20-11-10-19(27(29)30)21(25-20)16-4-2-1-3-5-16/h1-11,18H,12-14H2,(H,24,25). The Balaban J connectivity index is 1.51. The second-order valence-electron chi connectivity index (χ2n) is 7.06. The van der Waals surface area contributed by atoms with Crippen LogP contribution >= 0.6 is 0 Å². The Labute approximate surface area is 172 Å². The SMILES string of the molecule is O=C1C(Nc2ccc([N+](=O)[O-])c(-c3ccccc3)n2)CCN1Cc1ccc(F)cc1. The van der Waals surface area contributed by atoms with Crippen LogP contribution in [-0.4, -0.2) is 33.3 Å². The second kappa shape index (κ2) is 8.28. The van der Waals surface area contributed by atoms with E-state index in [4.69, 9.17) is 0 Å². The van der Waals surface area contributed by atoms with E-state index in [1.807, 2.05) is 6.07 Å². The van der Waals surface area contributed by atoms with Gasteiger partial charge in [-0.1, -0.05) is 42.5 Å². The van der Waals surface area contributed by atoms with Gasteiger partial charge < -0.3 is 10.2 Å². The van der Waals surface area contributed by atoms with Crippen LogP contribution in [0.25, 0.3) is 11.3 Å². The van der Waals surface area contributed by atoms with Crippen LogP contribution in [0.3, 0.4) is 0 Å². The van der Waals surface area contributed by atoms with Gasteiger partial charge in [0, 0.05) is 24.7 Å². The van der Waals surface area contributed by atoms with Crippen LogP contribution in [0.1, 0.15) is 12.0 Å². The molecule has 30 heavy (non-hydrogen) atoms. The first kappa shape index (κ1) is 19.5. The molecule has 4 rings (SSSR count). The lowest BCUT2D eigenvalue weighted by molar-refractivity contribution is -0.384. The van der Waals surface area contributed by atoms with E-state index in [1.165, 1.54) is 24.3 Å². The fraction of sp³-hybridized carbons (Fsp3) is 0.182. The molecule has 3 aromatic rings. The van der Waals surface area contributed by atoms with Gasteiger partial charge in [0.25, 0.3) is 5.69 Å². The largest absolute Gasteiger partial charge is 0.358 e. The van der Waals surface area contributed by atoms with Gasteiger partial charge in [0.1, 0.15) is 17.7 Å². The maximum absolute atomic E-state index is 13.1. The normalized spacial score (nSPS) is 16.0. The minimum atomic E-state index is -0.469. The molecular formula is C22H19FN4O3. The minimum Gasteiger partial charge on any atom is -0.358 e. The monoisotopic (exact) mass is 406 g/mol. The number of anilines is 1. The van der Waals surface area contributed by atoms with Crippen molar-refractivity contribution in [3.05, 3.63) is 88.2 Å². The summed E-state index contributed by atoms with van der Waals surface area (Å²) in [6.45, 7) is 0.965. The first-order chi connectivity index (χ1) is 14.5. The summed E-state index contributed by atoms with van der Waals surface area (Å²) in [5, 5.41) is 14.5. The zero-order valence-corrected chi connectivity index (χ0v) is 16.0. The van der Waals surface area contributed by atoms with E-state index in [0.717, 1.165) is 5.56 Å². The van der Waals surface area contributed by atoms with Gasteiger partial charge >= 0.3 is 0 Å². The molecule has 152 valence electrons. The first-order valence-electron chi connectivity index (χ1n) is 9.52. The highest BCUT2D eigenvalue weighted by atomic mass is 19.1. The average Bonchev–Trinajstić information content (AvgIpc) is 3.09. The summed E-state index contributed by atoms with van der Waals surface area (Å²) in [6.07, 6.45) is 0.583. The van der Waals surface area contributed by atoms with Crippen molar-refractivity contribution >= 4 is 17.4 Å². The van der Waals surface area contributed by atoms with E-state index in [-0.39, 0.29) is 23.1 Å². The molecule has 8 heteroatoms. The van der Waals surface area contributed by atoms with Gasteiger partial charge in [0.2, 0.25) is 5.91 Å². The number of carbonyl (C=O) groups is 1. The lowest BCUT2D eigenvalue weighted by Crippen LogP contribution is -2.33. The van der Waals surface area contributed by atoms with Crippen molar-refractivity contribution in [3.63, 3.8) is 0 Å². The number of rotatable bonds is 6. The van der Waals surface area contributed by atoms with E-state index in [9.17, 15) is 19.3 Å². The molecule has 1 atom stereocenters. The third-order valence-electron chi connectivity index (χ3n) is 5.02. The van der Waals surface area contributed by atoms with Gasteiger partial charge in [-0.3, -0.25) is 14.9 Å². The lowest BCUT2D eigenvalue weighted by Gasteiger charge is -2.17. The molecular weight excluding hydrogens is 387 g/mol. The molecule has 1 aliphatic rings. The number of nitro groups is 1. The Hall–Kier alpha value is -3.81. The zero-order valence-electron chi connectivity index (χ0n) is 16.0. The van der Waals surface area contributed by atoms with E-state index in [2.05, 4.69) is 10.3 Å². The van der Waals surface area contributed by atoms with Crippen molar-refractivity contribution < 1.29 is 14.1 Å². The number of likely N-dealkylation sites (tertiary alicyclic amines) is 1. The number of halogens is 1. The summed E-state index contributed by atoms with van der Waals surface area (Å²) in [5.74, 6) is 0.00619. The summed E-state index contributed by atoms with van der Waals surface area (Å²) < 4.78 is 13.1. The number of benzene rings is 2. The second-order valence-corrected chi connectivity index (χ2v) is 7.06. The molecule has 0 saturated carbocycles. The topological polar surface area (TPSA) is 88.4 Å². The number of amides is 1. The minimum absolute atomic E-state index is 0.0826. The first-order valence-corrected chi connectivity index (χ1v) is 9.52. The number of aromatic nitrogens is 1. The van der Waals surface area contributed by atoms with E-state index >= 15 is 0 Å².